The van der Waals surface area contributed by atoms with Crippen molar-refractivity contribution in [2.24, 2.45) is 0 Å². The van der Waals surface area contributed by atoms with Gasteiger partial charge in [0.05, 0.1) is 6.61 Å². The van der Waals surface area contributed by atoms with Gasteiger partial charge in [-0.1, -0.05) is 238 Å². The van der Waals surface area contributed by atoms with Gasteiger partial charge < -0.3 is 39.0 Å². The molecule has 1 fully saturated rings. The molecule has 1 saturated heterocycles. The first-order valence-electron chi connectivity index (χ1n) is 29.7. The molecule has 0 aliphatic carbocycles. The van der Waals surface area contributed by atoms with Crippen molar-refractivity contribution in [2.45, 2.75) is 327 Å². The highest BCUT2D eigenvalue weighted by atomic mass is 16.7. The maximum atomic E-state index is 13.1. The number of unbranched alkanes of at least 4 members (excludes halogenated alkanes) is 35. The molecule has 0 saturated carbocycles. The van der Waals surface area contributed by atoms with E-state index in [4.69, 9.17) is 23.7 Å². The summed E-state index contributed by atoms with van der Waals surface area (Å²) in [5, 5.41) is 31.4. The summed E-state index contributed by atoms with van der Waals surface area (Å²) in [6.45, 7) is 5.99. The van der Waals surface area contributed by atoms with Gasteiger partial charge in [-0.3, -0.25) is 14.4 Å². The highest BCUT2D eigenvalue weighted by Gasteiger charge is 2.50. The zero-order chi connectivity index (χ0) is 51.8. The topological polar surface area (TPSA) is 175 Å². The van der Waals surface area contributed by atoms with Gasteiger partial charge in [-0.05, 0) is 44.9 Å². The number of allylic oxidation sites excluding steroid dienone is 2. The lowest BCUT2D eigenvalue weighted by Crippen LogP contribution is -2.61. The van der Waals surface area contributed by atoms with Gasteiger partial charge in [-0.25, -0.2) is 4.79 Å². The van der Waals surface area contributed by atoms with E-state index < -0.39 is 67.3 Å². The molecule has 1 rings (SSSR count). The molecule has 1 heterocycles. The Bertz CT molecular complexity index is 1290. The number of carboxylic acids is 1. The number of esters is 3. The second kappa shape index (κ2) is 48.4. The molecule has 3 N–H and O–H groups in total. The van der Waals surface area contributed by atoms with Crippen LogP contribution in [0.3, 0.4) is 0 Å². The molecule has 6 atom stereocenters. The van der Waals surface area contributed by atoms with E-state index in [9.17, 15) is 34.5 Å². The lowest BCUT2D eigenvalue weighted by atomic mass is 9.98. The molecule has 6 unspecified atom stereocenters. The summed E-state index contributed by atoms with van der Waals surface area (Å²) >= 11 is 0. The number of aliphatic carboxylic acids is 1. The number of rotatable bonds is 51. The van der Waals surface area contributed by atoms with Crippen molar-refractivity contribution < 1.29 is 58.2 Å². The molecule has 12 heteroatoms. The minimum Gasteiger partial charge on any atom is -0.479 e. The van der Waals surface area contributed by atoms with Gasteiger partial charge >= 0.3 is 23.9 Å². The van der Waals surface area contributed by atoms with Crippen molar-refractivity contribution in [3.05, 3.63) is 12.2 Å². The predicted octanol–water partition coefficient (Wildman–Crippen LogP) is 14.9. The lowest BCUT2D eigenvalue weighted by molar-refractivity contribution is -0.301. The van der Waals surface area contributed by atoms with Gasteiger partial charge in [0, 0.05) is 19.3 Å². The maximum Gasteiger partial charge on any atom is 0.335 e. The summed E-state index contributed by atoms with van der Waals surface area (Å²) < 4.78 is 28.4. The Balaban J connectivity index is 2.63. The fourth-order valence-corrected chi connectivity index (χ4v) is 9.25. The van der Waals surface area contributed by atoms with Gasteiger partial charge in [-0.2, -0.15) is 0 Å². The van der Waals surface area contributed by atoms with Crippen LogP contribution in [0.2, 0.25) is 0 Å². The van der Waals surface area contributed by atoms with Crippen LogP contribution in [0.1, 0.15) is 290 Å². The van der Waals surface area contributed by atoms with Gasteiger partial charge in [0.1, 0.15) is 18.8 Å². The van der Waals surface area contributed by atoms with Crippen LogP contribution in [-0.4, -0.2) is 89.2 Å². The standard InChI is InChI=1S/C59H108O12/c1-4-7-10-13-16-19-22-23-24-25-26-27-28-29-32-33-36-39-42-45-51(60)67-48-50(69-52(61)46-43-40-37-34-30-20-17-14-11-8-5-2)49-68-59-57(55(64)54(63)56(71-59)58(65)66)70-53(62)47-44-41-38-35-31-21-18-15-12-9-6-3/h23-24,50,54-57,59,63-64H,4-22,25-49H2,1-3H3,(H,65,66)/b24-23-. The van der Waals surface area contributed by atoms with E-state index in [0.717, 1.165) is 64.2 Å². The summed E-state index contributed by atoms with van der Waals surface area (Å²) in [7, 11) is 0. The van der Waals surface area contributed by atoms with E-state index in [1.165, 1.54) is 167 Å². The van der Waals surface area contributed by atoms with Crippen molar-refractivity contribution >= 4 is 23.9 Å². The molecule has 0 amide bonds. The number of aliphatic hydroxyl groups is 2. The Labute approximate surface area is 433 Å². The van der Waals surface area contributed by atoms with Crippen LogP contribution in [0.15, 0.2) is 12.2 Å². The van der Waals surface area contributed by atoms with Gasteiger partial charge in [0.15, 0.2) is 24.6 Å². The second-order valence-electron chi connectivity index (χ2n) is 20.6. The zero-order valence-corrected chi connectivity index (χ0v) is 45.7. The molecule has 71 heavy (non-hydrogen) atoms. The van der Waals surface area contributed by atoms with E-state index in [-0.39, 0.29) is 25.9 Å². The highest BCUT2D eigenvalue weighted by molar-refractivity contribution is 5.74. The maximum absolute atomic E-state index is 13.1. The van der Waals surface area contributed by atoms with Crippen molar-refractivity contribution in [2.75, 3.05) is 13.2 Å². The van der Waals surface area contributed by atoms with Gasteiger partial charge in [0.25, 0.3) is 0 Å². The lowest BCUT2D eigenvalue weighted by Gasteiger charge is -2.40. The smallest absolute Gasteiger partial charge is 0.335 e. The van der Waals surface area contributed by atoms with Gasteiger partial charge in [-0.15, -0.1) is 0 Å². The molecule has 0 aromatic carbocycles. The zero-order valence-electron chi connectivity index (χ0n) is 45.7. The molecule has 1 aliphatic rings. The summed E-state index contributed by atoms with van der Waals surface area (Å²) in [5.41, 5.74) is 0. The molecule has 0 spiro atoms. The van der Waals surface area contributed by atoms with E-state index in [2.05, 4.69) is 32.9 Å². The van der Waals surface area contributed by atoms with Crippen LogP contribution in [0.25, 0.3) is 0 Å². The first-order chi connectivity index (χ1) is 34.6. The molecule has 1 aliphatic heterocycles. The fraction of sp³-hybridized carbons (Fsp3) is 0.898. The Kier molecular flexibility index (Phi) is 45.3. The molecular weight excluding hydrogens is 901 g/mol. The number of carbonyl (C=O) groups is 4. The first-order valence-corrected chi connectivity index (χ1v) is 29.7. The third kappa shape index (κ3) is 38.7. The number of hydrogen-bond acceptors (Lipinski definition) is 11. The summed E-state index contributed by atoms with van der Waals surface area (Å²) in [6, 6.07) is 0. The van der Waals surface area contributed by atoms with Crippen molar-refractivity contribution in [1.29, 1.82) is 0 Å². The normalized spacial score (nSPS) is 18.5. The van der Waals surface area contributed by atoms with Crippen LogP contribution in [0.4, 0.5) is 0 Å². The van der Waals surface area contributed by atoms with Crippen LogP contribution in [0.5, 0.6) is 0 Å². The third-order valence-corrected chi connectivity index (χ3v) is 13.8. The number of carbonyl (C=O) groups excluding carboxylic acids is 3. The van der Waals surface area contributed by atoms with Crippen molar-refractivity contribution in [3.8, 4) is 0 Å². The van der Waals surface area contributed by atoms with E-state index in [1.54, 1.807) is 0 Å². The Hall–Kier alpha value is -2.54. The van der Waals surface area contributed by atoms with E-state index >= 15 is 0 Å². The Morgan fingerprint density at radius 3 is 1.20 bits per heavy atom. The number of hydrogen-bond donors (Lipinski definition) is 3. The number of aliphatic hydroxyl groups excluding tert-OH is 2. The molecular formula is C59H108O12. The average molecular weight is 1010 g/mol. The molecule has 0 aromatic heterocycles. The SMILES string of the molecule is CCCCCCCC/C=C\CCCCCCCCCCCC(=O)OCC(COC1OC(C(=O)O)C(O)C(O)C1OC(=O)CCCCCCCCCCCCC)OC(=O)CCCCCCCCCCCCC. The van der Waals surface area contributed by atoms with Crippen molar-refractivity contribution in [1.82, 2.24) is 0 Å². The summed E-state index contributed by atoms with van der Waals surface area (Å²) in [4.78, 5) is 51.0. The van der Waals surface area contributed by atoms with E-state index in [1.807, 2.05) is 0 Å². The predicted molar refractivity (Wildman–Crippen MR) is 285 cm³/mol. The second-order valence-corrected chi connectivity index (χ2v) is 20.6. The average Bonchev–Trinajstić information content (AvgIpc) is 3.35. The number of ether oxygens (including phenoxy) is 5. The monoisotopic (exact) mass is 1010 g/mol. The molecule has 0 bridgehead atoms. The van der Waals surface area contributed by atoms with Crippen molar-refractivity contribution in [3.63, 3.8) is 0 Å². The fourth-order valence-electron chi connectivity index (χ4n) is 9.25. The van der Waals surface area contributed by atoms with E-state index in [0.29, 0.717) is 19.3 Å². The third-order valence-electron chi connectivity index (χ3n) is 13.8. The Morgan fingerprint density at radius 2 is 0.803 bits per heavy atom. The van der Waals surface area contributed by atoms with Gasteiger partial charge in [0.2, 0.25) is 0 Å². The highest BCUT2D eigenvalue weighted by Crippen LogP contribution is 2.27. The minimum absolute atomic E-state index is 0.0678. The van der Waals surface area contributed by atoms with Crippen LogP contribution in [-0.2, 0) is 42.9 Å². The van der Waals surface area contributed by atoms with Crippen LogP contribution < -0.4 is 0 Å². The Morgan fingerprint density at radius 1 is 0.451 bits per heavy atom. The number of carboxylic acid groups (broad SMARTS) is 1. The minimum atomic E-state index is -1.89. The molecule has 416 valence electrons. The molecule has 0 radical (unpaired) electrons. The molecule has 12 nitrogen and oxygen atoms in total. The van der Waals surface area contributed by atoms with Crippen LogP contribution >= 0.6 is 0 Å². The quantitative estimate of drug-likeness (QED) is 0.0228. The summed E-state index contributed by atoms with van der Waals surface area (Å²) in [5.74, 6) is -3.09. The largest absolute Gasteiger partial charge is 0.479 e. The van der Waals surface area contributed by atoms with Crippen LogP contribution in [0, 0.1) is 0 Å². The first kappa shape index (κ1) is 66.5. The summed E-state index contributed by atoms with van der Waals surface area (Å²) in [6.07, 6.45) is 40.5. The molecule has 0 aromatic rings.